The van der Waals surface area contributed by atoms with Gasteiger partial charge in [-0.2, -0.15) is 0 Å². The van der Waals surface area contributed by atoms with Crippen LogP contribution in [-0.2, 0) is 9.59 Å². The van der Waals surface area contributed by atoms with E-state index in [0.717, 1.165) is 6.42 Å². The Hall–Kier alpha value is -1.75. The van der Waals surface area contributed by atoms with Crippen molar-refractivity contribution >= 4 is 23.5 Å². The number of carbonyl (C=O) groups excluding carboxylic acids is 1. The SMILES string of the molecule is CC(Oc1cccc(Cl)c1)C(=O)NC1CCCC1C(=O)O. The lowest BCUT2D eigenvalue weighted by molar-refractivity contribution is -0.142. The molecule has 1 amide bonds. The molecule has 21 heavy (non-hydrogen) atoms. The molecule has 0 radical (unpaired) electrons. The summed E-state index contributed by atoms with van der Waals surface area (Å²) in [6, 6.07) is 6.47. The number of aliphatic carboxylic acids is 1. The predicted molar refractivity (Wildman–Crippen MR) is 78.4 cm³/mol. The van der Waals surface area contributed by atoms with Gasteiger partial charge in [-0.25, -0.2) is 0 Å². The number of hydrogen-bond acceptors (Lipinski definition) is 3. The molecule has 0 bridgehead atoms. The van der Waals surface area contributed by atoms with Crippen molar-refractivity contribution in [2.45, 2.75) is 38.3 Å². The van der Waals surface area contributed by atoms with Crippen LogP contribution in [0.5, 0.6) is 5.75 Å². The summed E-state index contributed by atoms with van der Waals surface area (Å²) in [7, 11) is 0. The zero-order valence-electron chi connectivity index (χ0n) is 11.7. The van der Waals surface area contributed by atoms with Crippen LogP contribution in [0.25, 0.3) is 0 Å². The number of halogens is 1. The molecule has 5 nitrogen and oxygen atoms in total. The molecular formula is C15H18ClNO4. The number of nitrogens with one attached hydrogen (secondary N) is 1. The highest BCUT2D eigenvalue weighted by molar-refractivity contribution is 6.30. The minimum atomic E-state index is -0.860. The molecule has 0 saturated heterocycles. The van der Waals surface area contributed by atoms with Gasteiger partial charge in [0, 0.05) is 11.1 Å². The number of ether oxygens (including phenoxy) is 1. The Kier molecular flexibility index (Phi) is 5.07. The van der Waals surface area contributed by atoms with Crippen LogP contribution in [0.15, 0.2) is 24.3 Å². The Morgan fingerprint density at radius 1 is 1.43 bits per heavy atom. The number of carboxylic acids is 1. The summed E-state index contributed by atoms with van der Waals surface area (Å²) in [6.45, 7) is 1.63. The average molecular weight is 312 g/mol. The van der Waals surface area contributed by atoms with Gasteiger partial charge in [-0.15, -0.1) is 0 Å². The summed E-state index contributed by atoms with van der Waals surface area (Å²) in [4.78, 5) is 23.2. The molecular weight excluding hydrogens is 294 g/mol. The number of carboxylic acid groups (broad SMARTS) is 1. The van der Waals surface area contributed by atoms with Crippen molar-refractivity contribution in [2.75, 3.05) is 0 Å². The van der Waals surface area contributed by atoms with Crippen molar-refractivity contribution in [1.29, 1.82) is 0 Å². The van der Waals surface area contributed by atoms with Gasteiger partial charge in [-0.05, 0) is 38.0 Å². The molecule has 1 aromatic carbocycles. The van der Waals surface area contributed by atoms with E-state index >= 15 is 0 Å². The molecule has 2 N–H and O–H groups in total. The van der Waals surface area contributed by atoms with E-state index in [1.807, 2.05) is 0 Å². The third-order valence-corrected chi connectivity index (χ3v) is 3.87. The van der Waals surface area contributed by atoms with Gasteiger partial charge < -0.3 is 15.2 Å². The quantitative estimate of drug-likeness (QED) is 0.876. The van der Waals surface area contributed by atoms with Gasteiger partial charge in [0.15, 0.2) is 6.10 Å². The number of benzene rings is 1. The Morgan fingerprint density at radius 3 is 2.86 bits per heavy atom. The summed E-state index contributed by atoms with van der Waals surface area (Å²) in [5.41, 5.74) is 0. The first kappa shape index (κ1) is 15.6. The molecule has 1 aliphatic carbocycles. The molecule has 1 aromatic rings. The van der Waals surface area contributed by atoms with Crippen molar-refractivity contribution in [2.24, 2.45) is 5.92 Å². The second-order valence-electron chi connectivity index (χ2n) is 5.21. The van der Waals surface area contributed by atoms with E-state index in [4.69, 9.17) is 21.4 Å². The number of carbonyl (C=O) groups is 2. The van der Waals surface area contributed by atoms with Crippen LogP contribution in [0, 0.1) is 5.92 Å². The zero-order chi connectivity index (χ0) is 15.4. The molecule has 1 saturated carbocycles. The summed E-state index contributed by atoms with van der Waals surface area (Å²) >= 11 is 5.85. The first-order valence-electron chi connectivity index (χ1n) is 6.93. The number of rotatable bonds is 5. The van der Waals surface area contributed by atoms with Crippen LogP contribution in [0.3, 0.4) is 0 Å². The number of hydrogen-bond donors (Lipinski definition) is 2. The van der Waals surface area contributed by atoms with Gasteiger partial charge in [0.2, 0.25) is 0 Å². The topological polar surface area (TPSA) is 75.6 Å². The molecule has 3 atom stereocenters. The van der Waals surface area contributed by atoms with Gasteiger partial charge in [-0.3, -0.25) is 9.59 Å². The molecule has 1 fully saturated rings. The Balaban J connectivity index is 1.92. The van der Waals surface area contributed by atoms with Gasteiger partial charge in [0.1, 0.15) is 5.75 Å². The summed E-state index contributed by atoms with van der Waals surface area (Å²) in [5.74, 6) is -1.17. The van der Waals surface area contributed by atoms with Gasteiger partial charge in [0.25, 0.3) is 5.91 Å². The van der Waals surface area contributed by atoms with Crippen LogP contribution in [-0.4, -0.2) is 29.1 Å². The third kappa shape index (κ3) is 4.11. The zero-order valence-corrected chi connectivity index (χ0v) is 12.5. The lowest BCUT2D eigenvalue weighted by atomic mass is 10.0. The highest BCUT2D eigenvalue weighted by Gasteiger charge is 2.34. The monoisotopic (exact) mass is 311 g/mol. The minimum Gasteiger partial charge on any atom is -0.481 e. The smallest absolute Gasteiger partial charge is 0.308 e. The fourth-order valence-corrected chi connectivity index (χ4v) is 2.71. The van der Waals surface area contributed by atoms with Gasteiger partial charge >= 0.3 is 5.97 Å². The maximum atomic E-state index is 12.1. The predicted octanol–water partition coefficient (Wildman–Crippen LogP) is 2.48. The molecule has 114 valence electrons. The van der Waals surface area contributed by atoms with Gasteiger partial charge in [-0.1, -0.05) is 24.1 Å². The lowest BCUT2D eigenvalue weighted by Crippen LogP contribution is -2.45. The molecule has 0 aromatic heterocycles. The van der Waals surface area contributed by atoms with E-state index in [1.165, 1.54) is 0 Å². The molecule has 0 spiro atoms. The lowest BCUT2D eigenvalue weighted by Gasteiger charge is -2.21. The normalized spacial score (nSPS) is 22.6. The maximum absolute atomic E-state index is 12.1. The molecule has 3 unspecified atom stereocenters. The fraction of sp³-hybridized carbons (Fsp3) is 0.467. The standard InChI is InChI=1S/C15H18ClNO4/c1-9(21-11-5-2-4-10(16)8-11)14(18)17-13-7-3-6-12(13)15(19)20/h2,4-5,8-9,12-13H,3,6-7H2,1H3,(H,17,18)(H,19,20). The van der Waals surface area contributed by atoms with Crippen molar-refractivity contribution in [1.82, 2.24) is 5.32 Å². The first-order chi connectivity index (χ1) is 9.97. The molecule has 0 aliphatic heterocycles. The largest absolute Gasteiger partial charge is 0.481 e. The first-order valence-corrected chi connectivity index (χ1v) is 7.30. The van der Waals surface area contributed by atoms with Crippen LogP contribution in [0.4, 0.5) is 0 Å². The van der Waals surface area contributed by atoms with Crippen LogP contribution < -0.4 is 10.1 Å². The van der Waals surface area contributed by atoms with E-state index < -0.39 is 18.0 Å². The average Bonchev–Trinajstić information content (AvgIpc) is 2.87. The van der Waals surface area contributed by atoms with Crippen molar-refractivity contribution in [3.05, 3.63) is 29.3 Å². The Labute approximate surface area is 128 Å². The number of amides is 1. The highest BCUT2D eigenvalue weighted by atomic mass is 35.5. The molecule has 1 aliphatic rings. The molecule has 2 rings (SSSR count). The second-order valence-corrected chi connectivity index (χ2v) is 5.64. The van der Waals surface area contributed by atoms with Crippen LogP contribution >= 0.6 is 11.6 Å². The van der Waals surface area contributed by atoms with Crippen LogP contribution in [0.2, 0.25) is 5.02 Å². The van der Waals surface area contributed by atoms with Crippen LogP contribution in [0.1, 0.15) is 26.2 Å². The minimum absolute atomic E-state index is 0.312. The van der Waals surface area contributed by atoms with Crippen molar-refractivity contribution in [3.63, 3.8) is 0 Å². The van der Waals surface area contributed by atoms with Crippen molar-refractivity contribution in [3.8, 4) is 5.75 Å². The summed E-state index contributed by atoms with van der Waals surface area (Å²) in [6.07, 6.45) is 1.39. The van der Waals surface area contributed by atoms with E-state index in [0.29, 0.717) is 23.6 Å². The molecule has 0 heterocycles. The van der Waals surface area contributed by atoms with E-state index in [1.54, 1.807) is 31.2 Å². The highest BCUT2D eigenvalue weighted by Crippen LogP contribution is 2.26. The Bertz CT molecular complexity index is 534. The van der Waals surface area contributed by atoms with E-state index in [9.17, 15) is 9.59 Å². The maximum Gasteiger partial charge on any atom is 0.308 e. The van der Waals surface area contributed by atoms with Crippen molar-refractivity contribution < 1.29 is 19.4 Å². The Morgan fingerprint density at radius 2 is 2.19 bits per heavy atom. The van der Waals surface area contributed by atoms with E-state index in [-0.39, 0.29) is 11.9 Å². The third-order valence-electron chi connectivity index (χ3n) is 3.64. The fourth-order valence-electron chi connectivity index (χ4n) is 2.53. The van der Waals surface area contributed by atoms with E-state index in [2.05, 4.69) is 5.32 Å². The second kappa shape index (κ2) is 6.80. The molecule has 6 heteroatoms. The van der Waals surface area contributed by atoms with Gasteiger partial charge in [0.05, 0.1) is 5.92 Å². The summed E-state index contributed by atoms with van der Waals surface area (Å²) in [5, 5.41) is 12.4. The summed E-state index contributed by atoms with van der Waals surface area (Å²) < 4.78 is 5.52.